The number of phosphoric acid groups is 2. The Bertz CT molecular complexity index is 936. The van der Waals surface area contributed by atoms with Gasteiger partial charge < -0.3 is 44.8 Å². The maximum atomic E-state index is 11.9. The van der Waals surface area contributed by atoms with Crippen LogP contribution in [0.3, 0.4) is 0 Å². The summed E-state index contributed by atoms with van der Waals surface area (Å²) in [4.78, 5) is 62.4. The fraction of sp³-hybridized carbons (Fsp3) is 0.885. The van der Waals surface area contributed by atoms with Crippen molar-refractivity contribution in [3.63, 3.8) is 0 Å². The molecule has 0 aliphatic heterocycles. The first-order valence-electron chi connectivity index (χ1n) is 15.1. The van der Waals surface area contributed by atoms with Gasteiger partial charge in [0.2, 0.25) is 17.7 Å². The molecule has 0 aliphatic rings. The number of carbonyl (C=O) groups is 3. The average Bonchev–Trinajstić information content (AvgIpc) is 2.93. The molecule has 0 aromatic carbocycles. The molecule has 20 heteroatoms. The van der Waals surface area contributed by atoms with Crippen LogP contribution < -0.4 is 16.0 Å². The molecule has 6 N–H and O–H groups in total. The second-order valence-corrected chi connectivity index (χ2v) is 14.4. The molecule has 0 spiro atoms. The lowest BCUT2D eigenvalue weighted by atomic mass is 10.2. The average molecular weight is 726 g/mol. The number of carbonyl (C=O) groups excluding carboxylic acids is 3. The predicted molar refractivity (Wildman–Crippen MR) is 171 cm³/mol. The molecule has 1 atom stereocenters. The maximum Gasteiger partial charge on any atom is 0.472 e. The van der Waals surface area contributed by atoms with Crippen molar-refractivity contribution >= 4 is 45.1 Å². The van der Waals surface area contributed by atoms with E-state index in [-0.39, 0.29) is 69.3 Å². The van der Waals surface area contributed by atoms with E-state index in [0.717, 1.165) is 19.3 Å². The van der Waals surface area contributed by atoms with E-state index in [2.05, 4.69) is 20.5 Å². The summed E-state index contributed by atoms with van der Waals surface area (Å²) in [5.74, 6) is 0.119. The zero-order valence-electron chi connectivity index (χ0n) is 27.1. The van der Waals surface area contributed by atoms with Gasteiger partial charge in [-0.15, -0.1) is 0 Å². The quantitative estimate of drug-likeness (QED) is 0.0455. The number of amides is 3. The summed E-state index contributed by atoms with van der Waals surface area (Å²) in [6.07, 6.45) is 3.22. The molecule has 0 saturated heterocycles. The minimum absolute atomic E-state index is 0.00258. The zero-order chi connectivity index (χ0) is 34.7. The highest BCUT2D eigenvalue weighted by Gasteiger charge is 2.28. The second kappa shape index (κ2) is 26.8. The Morgan fingerprint density at radius 1 is 0.630 bits per heavy atom. The van der Waals surface area contributed by atoms with E-state index in [1.54, 1.807) is 20.8 Å². The van der Waals surface area contributed by atoms with Crippen molar-refractivity contribution in [1.29, 1.82) is 0 Å². The van der Waals surface area contributed by atoms with E-state index in [9.17, 15) is 28.4 Å². The summed E-state index contributed by atoms with van der Waals surface area (Å²) in [5, 5.41) is 8.15. The first-order valence-corrected chi connectivity index (χ1v) is 19.3. The molecular weight excluding hydrogens is 672 g/mol. The molecule has 17 nitrogen and oxygen atoms in total. The topological polar surface area (TPSA) is 238 Å². The van der Waals surface area contributed by atoms with Crippen molar-refractivity contribution in [1.82, 2.24) is 16.0 Å². The molecule has 272 valence electrons. The fourth-order valence-electron chi connectivity index (χ4n) is 3.25. The van der Waals surface area contributed by atoms with Gasteiger partial charge in [0.1, 0.15) is 0 Å². The Morgan fingerprint density at radius 2 is 1.17 bits per heavy atom. The van der Waals surface area contributed by atoms with Gasteiger partial charge in [-0.3, -0.25) is 28.0 Å². The summed E-state index contributed by atoms with van der Waals surface area (Å²) < 4.78 is 52.3. The van der Waals surface area contributed by atoms with Crippen LogP contribution in [-0.4, -0.2) is 122 Å². The number of ether oxygens (including phenoxy) is 3. The summed E-state index contributed by atoms with van der Waals surface area (Å²) in [7, 11) is -8.53. The number of thioether (sulfide) groups is 1. The third kappa shape index (κ3) is 34.2. The molecule has 0 radical (unpaired) electrons. The molecule has 0 heterocycles. The van der Waals surface area contributed by atoms with Gasteiger partial charge in [0, 0.05) is 38.2 Å². The third-order valence-corrected chi connectivity index (χ3v) is 7.98. The molecule has 0 aliphatic carbocycles. The van der Waals surface area contributed by atoms with Crippen molar-refractivity contribution in [2.24, 2.45) is 0 Å². The van der Waals surface area contributed by atoms with Gasteiger partial charge in [0.25, 0.3) is 0 Å². The monoisotopic (exact) mass is 725 g/mol. The van der Waals surface area contributed by atoms with Gasteiger partial charge >= 0.3 is 15.6 Å². The molecule has 0 rings (SSSR count). The van der Waals surface area contributed by atoms with Gasteiger partial charge in [0.05, 0.1) is 64.2 Å². The number of nitrogens with one attached hydrogen (secondary N) is 3. The first-order chi connectivity index (χ1) is 21.6. The number of phosphoric ester groups is 2. The van der Waals surface area contributed by atoms with Crippen molar-refractivity contribution in [2.45, 2.75) is 64.9 Å². The molecule has 46 heavy (non-hydrogen) atoms. The van der Waals surface area contributed by atoms with Gasteiger partial charge in [-0.25, -0.2) is 9.13 Å². The minimum atomic E-state index is -4.41. The van der Waals surface area contributed by atoms with Crippen molar-refractivity contribution in [3.8, 4) is 0 Å². The van der Waals surface area contributed by atoms with Crippen LogP contribution in [0, 0.1) is 0 Å². The Morgan fingerprint density at radius 3 is 1.80 bits per heavy atom. The highest BCUT2D eigenvalue weighted by Crippen LogP contribution is 2.46. The zero-order valence-corrected chi connectivity index (χ0v) is 29.7. The van der Waals surface area contributed by atoms with Crippen LogP contribution in [0.25, 0.3) is 0 Å². The van der Waals surface area contributed by atoms with E-state index < -0.39 is 21.2 Å². The molecule has 0 aromatic rings. The van der Waals surface area contributed by atoms with Crippen LogP contribution in [0.15, 0.2) is 0 Å². The lowest BCUT2D eigenvalue weighted by Crippen LogP contribution is -2.33. The van der Waals surface area contributed by atoms with E-state index in [0.29, 0.717) is 51.7 Å². The van der Waals surface area contributed by atoms with Crippen molar-refractivity contribution < 1.29 is 66.0 Å². The number of rotatable bonds is 30. The third-order valence-electron chi connectivity index (χ3n) is 5.22. The number of hydrogen-bond acceptors (Lipinski definition) is 12. The van der Waals surface area contributed by atoms with Gasteiger partial charge in [0.15, 0.2) is 0 Å². The Kier molecular flexibility index (Phi) is 26.1. The normalized spacial score (nSPS) is 13.3. The number of hydrogen-bond donors (Lipinski definition) is 6. The highest BCUT2D eigenvalue weighted by atomic mass is 32.2. The van der Waals surface area contributed by atoms with E-state index in [1.807, 2.05) is 0 Å². The van der Waals surface area contributed by atoms with Crippen LogP contribution >= 0.6 is 27.4 Å². The molecule has 3 amide bonds. The Hall–Kier alpha value is -1.14. The SMILES string of the molecule is CC(C)(C)OP(=O)(O)OCCOCCOCCOCCNC(=O)CCNC(=O)CSCCC(=O)NCCCCCCOP(=O)(O)O. The highest BCUT2D eigenvalue weighted by molar-refractivity contribution is 7.99. The summed E-state index contributed by atoms with van der Waals surface area (Å²) in [6.45, 7) is 7.51. The number of unbranched alkanes of at least 4 members (excludes halogenated alkanes) is 3. The van der Waals surface area contributed by atoms with Gasteiger partial charge in [-0.2, -0.15) is 11.8 Å². The molecule has 0 saturated carbocycles. The van der Waals surface area contributed by atoms with Crippen LogP contribution in [0.1, 0.15) is 59.3 Å². The maximum absolute atomic E-state index is 11.9. The van der Waals surface area contributed by atoms with Crippen molar-refractivity contribution in [2.75, 3.05) is 84.0 Å². The Balaban J connectivity index is 3.49. The van der Waals surface area contributed by atoms with Crippen molar-refractivity contribution in [3.05, 3.63) is 0 Å². The molecule has 0 fully saturated rings. The minimum Gasteiger partial charge on any atom is -0.377 e. The molecule has 0 aromatic heterocycles. The second-order valence-electron chi connectivity index (χ2n) is 10.7. The molecule has 0 bridgehead atoms. The smallest absolute Gasteiger partial charge is 0.377 e. The van der Waals surface area contributed by atoms with E-state index in [4.69, 9.17) is 33.0 Å². The van der Waals surface area contributed by atoms with Crippen LogP contribution in [0.5, 0.6) is 0 Å². The fourth-order valence-corrected chi connectivity index (χ4v) is 5.43. The van der Waals surface area contributed by atoms with Gasteiger partial charge in [-0.05, 0) is 33.6 Å². The summed E-state index contributed by atoms with van der Waals surface area (Å²) >= 11 is 1.32. The van der Waals surface area contributed by atoms with Gasteiger partial charge in [-0.1, -0.05) is 12.8 Å². The molecular formula is C26H53N3O14P2S. The van der Waals surface area contributed by atoms with E-state index in [1.165, 1.54) is 11.8 Å². The summed E-state index contributed by atoms with van der Waals surface area (Å²) in [6, 6.07) is 0. The first kappa shape index (κ1) is 44.9. The Labute approximate surface area is 275 Å². The lowest BCUT2D eigenvalue weighted by Gasteiger charge is -2.22. The summed E-state index contributed by atoms with van der Waals surface area (Å²) in [5.41, 5.74) is -0.803. The van der Waals surface area contributed by atoms with Crippen LogP contribution in [-0.2, 0) is 51.3 Å². The largest absolute Gasteiger partial charge is 0.472 e. The van der Waals surface area contributed by atoms with Crippen LogP contribution in [0.4, 0.5) is 0 Å². The van der Waals surface area contributed by atoms with E-state index >= 15 is 0 Å². The lowest BCUT2D eigenvalue weighted by molar-refractivity contribution is -0.122. The van der Waals surface area contributed by atoms with Crippen LogP contribution in [0.2, 0.25) is 0 Å². The molecule has 1 unspecified atom stereocenters. The standard InChI is InChI=1S/C26H53N3O14P2S/c1-26(2,3)43-45(36,37)42-20-19-40-18-17-39-16-15-38-14-12-29-23(30)8-11-28-25(32)22-46-21-9-24(31)27-10-6-4-5-7-13-41-44(33,34)35/h4-22H2,1-3H3,(H,27,31)(H,28,32)(H,29,30)(H,36,37)(H2,33,34,35). The predicted octanol–water partition coefficient (Wildman–Crippen LogP) is 1.50.